The highest BCUT2D eigenvalue weighted by Gasteiger charge is 2.55. The number of aromatic nitrogens is 1. The molecule has 1 saturated heterocycles. The van der Waals surface area contributed by atoms with Gasteiger partial charge in [0.25, 0.3) is 5.91 Å². The van der Waals surface area contributed by atoms with Crippen LogP contribution in [-0.4, -0.2) is 30.0 Å². The summed E-state index contributed by atoms with van der Waals surface area (Å²) in [5, 5.41) is 4.21. The molecule has 1 saturated carbocycles. The number of benzene rings is 2. The van der Waals surface area contributed by atoms with Gasteiger partial charge in [0.2, 0.25) is 0 Å². The van der Waals surface area contributed by atoms with Crippen LogP contribution in [-0.2, 0) is 0 Å². The first-order valence-electron chi connectivity index (χ1n) is 9.70. The second-order valence-corrected chi connectivity index (χ2v) is 7.79. The summed E-state index contributed by atoms with van der Waals surface area (Å²) in [5.41, 5.74) is 3.19. The second kappa shape index (κ2) is 6.38. The predicted octanol–water partition coefficient (Wildman–Crippen LogP) is 4.02. The minimum atomic E-state index is 0.0287. The van der Waals surface area contributed by atoms with Crippen molar-refractivity contribution in [2.24, 2.45) is 5.41 Å². The average Bonchev–Trinajstić information content (AvgIpc) is 3.39. The second-order valence-electron chi connectivity index (χ2n) is 7.79. The number of nitrogens with one attached hydrogen (secondary N) is 1. The van der Waals surface area contributed by atoms with Gasteiger partial charge in [-0.1, -0.05) is 30.3 Å². The SMILES string of the molecule is O=C(NC1CC12CCN(c1ccccc1)CC2)c1cccc2ncccc12. The summed E-state index contributed by atoms with van der Waals surface area (Å²) in [5.74, 6) is 0.0287. The van der Waals surface area contributed by atoms with Crippen LogP contribution in [0.2, 0.25) is 0 Å². The summed E-state index contributed by atoms with van der Waals surface area (Å²) in [6, 6.07) is 20.5. The Bertz CT molecular complexity index is 972. The largest absolute Gasteiger partial charge is 0.371 e. The van der Waals surface area contributed by atoms with Gasteiger partial charge in [0.05, 0.1) is 5.52 Å². The van der Waals surface area contributed by atoms with E-state index in [-0.39, 0.29) is 5.91 Å². The Morgan fingerprint density at radius 1 is 1.00 bits per heavy atom. The van der Waals surface area contributed by atoms with E-state index in [1.54, 1.807) is 6.20 Å². The van der Waals surface area contributed by atoms with E-state index in [4.69, 9.17) is 0 Å². The summed E-state index contributed by atoms with van der Waals surface area (Å²) in [6.45, 7) is 2.13. The molecule has 0 radical (unpaired) electrons. The van der Waals surface area contributed by atoms with E-state index < -0.39 is 0 Å². The molecule has 1 aromatic heterocycles. The Labute approximate surface area is 159 Å². The highest BCUT2D eigenvalue weighted by Crippen LogP contribution is 2.54. The van der Waals surface area contributed by atoms with Crippen molar-refractivity contribution >= 4 is 22.5 Å². The Morgan fingerprint density at radius 2 is 1.81 bits per heavy atom. The number of para-hydroxylation sites is 1. The molecule has 1 unspecified atom stereocenters. The van der Waals surface area contributed by atoms with Crippen molar-refractivity contribution < 1.29 is 4.79 Å². The lowest BCUT2D eigenvalue weighted by atomic mass is 9.92. The van der Waals surface area contributed by atoms with Crippen molar-refractivity contribution in [1.82, 2.24) is 10.3 Å². The molecule has 1 N–H and O–H groups in total. The van der Waals surface area contributed by atoms with Crippen molar-refractivity contribution in [2.75, 3.05) is 18.0 Å². The number of carbonyl (C=O) groups is 1. The minimum Gasteiger partial charge on any atom is -0.371 e. The van der Waals surface area contributed by atoms with Gasteiger partial charge in [-0.25, -0.2) is 0 Å². The number of anilines is 1. The van der Waals surface area contributed by atoms with Gasteiger partial charge < -0.3 is 10.2 Å². The van der Waals surface area contributed by atoms with Crippen molar-refractivity contribution in [3.63, 3.8) is 0 Å². The minimum absolute atomic E-state index is 0.0287. The van der Waals surface area contributed by atoms with Gasteiger partial charge in [0.15, 0.2) is 0 Å². The third kappa shape index (κ3) is 2.95. The molecule has 2 aliphatic rings. The van der Waals surface area contributed by atoms with E-state index in [1.165, 1.54) is 5.69 Å². The molecule has 2 aromatic carbocycles. The van der Waals surface area contributed by atoms with Crippen LogP contribution in [0, 0.1) is 5.41 Å². The first kappa shape index (κ1) is 16.3. The maximum Gasteiger partial charge on any atom is 0.252 e. The van der Waals surface area contributed by atoms with E-state index in [2.05, 4.69) is 45.5 Å². The molecule has 1 spiro atoms. The molecule has 1 aliphatic heterocycles. The van der Waals surface area contributed by atoms with Crippen molar-refractivity contribution in [2.45, 2.75) is 25.3 Å². The molecule has 1 aliphatic carbocycles. The predicted molar refractivity (Wildman–Crippen MR) is 108 cm³/mol. The lowest BCUT2D eigenvalue weighted by Crippen LogP contribution is -2.38. The molecule has 0 bridgehead atoms. The molecular formula is C23H23N3O. The summed E-state index contributed by atoms with van der Waals surface area (Å²) >= 11 is 0. The Hall–Kier alpha value is -2.88. The highest BCUT2D eigenvalue weighted by atomic mass is 16.1. The summed E-state index contributed by atoms with van der Waals surface area (Å²) in [6.07, 6.45) is 5.15. The van der Waals surface area contributed by atoms with E-state index in [9.17, 15) is 4.79 Å². The van der Waals surface area contributed by atoms with E-state index in [0.29, 0.717) is 11.5 Å². The molecule has 4 heteroatoms. The number of pyridine rings is 1. The van der Waals surface area contributed by atoms with Crippen LogP contribution in [0.4, 0.5) is 5.69 Å². The fourth-order valence-electron chi connectivity index (χ4n) is 4.49. The molecule has 5 rings (SSSR count). The van der Waals surface area contributed by atoms with Crippen LogP contribution in [0.15, 0.2) is 66.9 Å². The van der Waals surface area contributed by atoms with Crippen molar-refractivity contribution in [3.05, 3.63) is 72.4 Å². The molecule has 136 valence electrons. The standard InChI is InChI=1S/C23H23N3O/c27-22(19-8-4-10-20-18(19)9-5-13-24-20)25-21-16-23(21)11-14-26(15-12-23)17-6-2-1-3-7-17/h1-10,13,21H,11-12,14-16H2,(H,25,27). The van der Waals surface area contributed by atoms with Gasteiger partial charge >= 0.3 is 0 Å². The number of carbonyl (C=O) groups excluding carboxylic acids is 1. The van der Waals surface area contributed by atoms with Gasteiger partial charge in [-0.15, -0.1) is 0 Å². The quantitative estimate of drug-likeness (QED) is 0.770. The highest BCUT2D eigenvalue weighted by molar-refractivity contribution is 6.06. The van der Waals surface area contributed by atoms with Crippen LogP contribution >= 0.6 is 0 Å². The zero-order chi connectivity index (χ0) is 18.3. The number of fused-ring (bicyclic) bond motifs is 1. The lowest BCUT2D eigenvalue weighted by molar-refractivity contribution is 0.0945. The van der Waals surface area contributed by atoms with Crippen LogP contribution in [0.25, 0.3) is 10.9 Å². The number of hydrogen-bond acceptors (Lipinski definition) is 3. The number of nitrogens with zero attached hydrogens (tertiary/aromatic N) is 2. The van der Waals surface area contributed by atoms with Gasteiger partial charge in [0, 0.05) is 42.0 Å². The lowest BCUT2D eigenvalue weighted by Gasteiger charge is -2.34. The Morgan fingerprint density at radius 3 is 2.63 bits per heavy atom. The number of amides is 1. The molecule has 27 heavy (non-hydrogen) atoms. The molecule has 2 fully saturated rings. The third-order valence-electron chi connectivity index (χ3n) is 6.27. The van der Waals surface area contributed by atoms with Gasteiger partial charge in [0.1, 0.15) is 0 Å². The van der Waals surface area contributed by atoms with Crippen LogP contribution in [0.1, 0.15) is 29.6 Å². The van der Waals surface area contributed by atoms with Gasteiger partial charge in [-0.2, -0.15) is 0 Å². The first-order chi connectivity index (χ1) is 13.3. The van der Waals surface area contributed by atoms with E-state index in [1.807, 2.05) is 30.3 Å². The topological polar surface area (TPSA) is 45.2 Å². The molecular weight excluding hydrogens is 334 g/mol. The number of rotatable bonds is 3. The zero-order valence-corrected chi connectivity index (χ0v) is 15.3. The zero-order valence-electron chi connectivity index (χ0n) is 15.3. The summed E-state index contributed by atoms with van der Waals surface area (Å²) in [4.78, 5) is 19.7. The first-order valence-corrected chi connectivity index (χ1v) is 9.70. The number of hydrogen-bond donors (Lipinski definition) is 1. The van der Waals surface area contributed by atoms with Crippen LogP contribution in [0.5, 0.6) is 0 Å². The van der Waals surface area contributed by atoms with E-state index in [0.717, 1.165) is 48.8 Å². The van der Waals surface area contributed by atoms with Crippen molar-refractivity contribution in [1.29, 1.82) is 0 Å². The van der Waals surface area contributed by atoms with Gasteiger partial charge in [-0.05, 0) is 55.0 Å². The Kier molecular flexibility index (Phi) is 3.85. The fourth-order valence-corrected chi connectivity index (χ4v) is 4.49. The molecule has 1 amide bonds. The average molecular weight is 357 g/mol. The third-order valence-corrected chi connectivity index (χ3v) is 6.27. The molecule has 3 aromatic rings. The van der Waals surface area contributed by atoms with E-state index >= 15 is 0 Å². The smallest absolute Gasteiger partial charge is 0.252 e. The normalized spacial score (nSPS) is 20.6. The molecule has 4 nitrogen and oxygen atoms in total. The maximum absolute atomic E-state index is 12.9. The van der Waals surface area contributed by atoms with Crippen LogP contribution < -0.4 is 10.2 Å². The summed E-state index contributed by atoms with van der Waals surface area (Å²) < 4.78 is 0. The molecule has 1 atom stereocenters. The van der Waals surface area contributed by atoms with Crippen molar-refractivity contribution in [3.8, 4) is 0 Å². The van der Waals surface area contributed by atoms with Gasteiger partial charge in [-0.3, -0.25) is 9.78 Å². The summed E-state index contributed by atoms with van der Waals surface area (Å²) in [7, 11) is 0. The van der Waals surface area contributed by atoms with Crippen LogP contribution in [0.3, 0.4) is 0 Å². The fraction of sp³-hybridized carbons (Fsp3) is 0.304. The molecule has 2 heterocycles. The Balaban J connectivity index is 1.25. The number of piperidine rings is 1. The monoisotopic (exact) mass is 357 g/mol. The maximum atomic E-state index is 12.9.